The van der Waals surface area contributed by atoms with Crippen LogP contribution in [-0.2, 0) is 29.1 Å². The summed E-state index contributed by atoms with van der Waals surface area (Å²) >= 11 is 0. The van der Waals surface area contributed by atoms with Crippen LogP contribution in [0.15, 0.2) is 59.0 Å². The molecule has 1 unspecified atom stereocenters. The zero-order valence-electron chi connectivity index (χ0n) is 17.1. The average molecular weight is 392 g/mol. The van der Waals surface area contributed by atoms with Crippen molar-refractivity contribution in [1.82, 2.24) is 9.80 Å². The average Bonchev–Trinajstić information content (AvgIpc) is 3.11. The van der Waals surface area contributed by atoms with Gasteiger partial charge in [-0.3, -0.25) is 14.6 Å². The van der Waals surface area contributed by atoms with Gasteiger partial charge in [0.25, 0.3) is 0 Å². The van der Waals surface area contributed by atoms with Crippen LogP contribution in [0.5, 0.6) is 0 Å². The Balaban J connectivity index is 1.44. The molecule has 4 rings (SSSR count). The van der Waals surface area contributed by atoms with Crippen LogP contribution < -0.4 is 0 Å². The lowest BCUT2D eigenvalue weighted by Crippen LogP contribution is -2.54. The number of carbonyl (C=O) groups excluding carboxylic acids is 1. The Kier molecular flexibility index (Phi) is 5.97. The third kappa shape index (κ3) is 4.36. The number of esters is 1. The van der Waals surface area contributed by atoms with E-state index in [4.69, 9.17) is 9.15 Å². The molecule has 1 saturated heterocycles. The summed E-state index contributed by atoms with van der Waals surface area (Å²) < 4.78 is 11.7. The van der Waals surface area contributed by atoms with E-state index in [0.29, 0.717) is 13.2 Å². The van der Waals surface area contributed by atoms with E-state index in [1.54, 1.807) is 0 Å². The normalized spacial score (nSPS) is 18.2. The zero-order valence-corrected chi connectivity index (χ0v) is 17.1. The molecule has 2 heterocycles. The molecule has 5 nitrogen and oxygen atoms in total. The number of furan rings is 1. The second kappa shape index (κ2) is 8.80. The Bertz CT molecular complexity index is 967. The molecule has 1 aromatic heterocycles. The first-order valence-corrected chi connectivity index (χ1v) is 10.3. The molecule has 0 radical (unpaired) electrons. The van der Waals surface area contributed by atoms with Crippen LogP contribution in [-0.4, -0.2) is 48.5 Å². The van der Waals surface area contributed by atoms with Crippen molar-refractivity contribution in [1.29, 1.82) is 0 Å². The highest BCUT2D eigenvalue weighted by Gasteiger charge is 2.32. The van der Waals surface area contributed by atoms with Gasteiger partial charge in [0.05, 0.1) is 0 Å². The highest BCUT2D eigenvalue weighted by Crippen LogP contribution is 2.28. The first-order valence-electron chi connectivity index (χ1n) is 10.3. The molecule has 0 N–H and O–H groups in total. The van der Waals surface area contributed by atoms with Crippen molar-refractivity contribution in [2.24, 2.45) is 0 Å². The number of likely N-dealkylation sites (N-methyl/N-ethyl adjacent to an activating group) is 1. The molecule has 5 heteroatoms. The Labute approximate surface area is 171 Å². The van der Waals surface area contributed by atoms with Crippen molar-refractivity contribution in [2.75, 3.05) is 26.7 Å². The number of para-hydroxylation sites is 1. The van der Waals surface area contributed by atoms with E-state index in [2.05, 4.69) is 28.9 Å². The third-order valence-electron chi connectivity index (χ3n) is 5.71. The van der Waals surface area contributed by atoms with Gasteiger partial charge in [-0.1, -0.05) is 55.5 Å². The smallest absolute Gasteiger partial charge is 0.325 e. The van der Waals surface area contributed by atoms with E-state index in [1.807, 2.05) is 49.5 Å². The van der Waals surface area contributed by atoms with Gasteiger partial charge in [0, 0.05) is 43.5 Å². The first-order chi connectivity index (χ1) is 14.2. The number of ether oxygens (including phenoxy) is 1. The van der Waals surface area contributed by atoms with E-state index in [0.717, 1.165) is 43.0 Å². The van der Waals surface area contributed by atoms with Gasteiger partial charge in [-0.2, -0.15) is 0 Å². The largest absolute Gasteiger partial charge is 0.461 e. The van der Waals surface area contributed by atoms with Gasteiger partial charge in [-0.15, -0.1) is 0 Å². The van der Waals surface area contributed by atoms with Crippen LogP contribution in [0, 0.1) is 0 Å². The summed E-state index contributed by atoms with van der Waals surface area (Å²) in [7, 11) is 2.00. The van der Waals surface area contributed by atoms with Crippen molar-refractivity contribution in [3.8, 4) is 0 Å². The summed E-state index contributed by atoms with van der Waals surface area (Å²) in [5.41, 5.74) is 3.19. The van der Waals surface area contributed by atoms with Gasteiger partial charge in [-0.25, -0.2) is 0 Å². The van der Waals surface area contributed by atoms with Crippen LogP contribution in [0.2, 0.25) is 0 Å². The molecule has 0 aliphatic carbocycles. The number of hydrogen-bond acceptors (Lipinski definition) is 5. The van der Waals surface area contributed by atoms with E-state index < -0.39 is 0 Å². The van der Waals surface area contributed by atoms with Crippen molar-refractivity contribution >= 4 is 16.9 Å². The molecule has 0 spiro atoms. The molecule has 1 aliphatic rings. The molecule has 1 atom stereocenters. The maximum Gasteiger partial charge on any atom is 0.325 e. The monoisotopic (exact) mass is 392 g/mol. The minimum absolute atomic E-state index is 0.159. The lowest BCUT2D eigenvalue weighted by atomic mass is 10.1. The fourth-order valence-corrected chi connectivity index (χ4v) is 3.99. The van der Waals surface area contributed by atoms with E-state index in [-0.39, 0.29) is 12.0 Å². The fraction of sp³-hybridized carbons (Fsp3) is 0.375. The molecule has 1 aliphatic heterocycles. The Morgan fingerprint density at radius 3 is 2.66 bits per heavy atom. The molecule has 0 saturated carbocycles. The summed E-state index contributed by atoms with van der Waals surface area (Å²) in [6, 6.07) is 17.8. The van der Waals surface area contributed by atoms with Gasteiger partial charge in [0.15, 0.2) is 0 Å². The maximum absolute atomic E-state index is 12.8. The SMILES string of the molecule is CCc1oc2ccccc2c1CN1CCN(C)C(C(=O)OCc2ccccc2)C1. The number of benzene rings is 2. The molecule has 3 aromatic rings. The van der Waals surface area contributed by atoms with Crippen LogP contribution in [0.4, 0.5) is 0 Å². The minimum atomic E-state index is -0.254. The quantitative estimate of drug-likeness (QED) is 0.596. The fourth-order valence-electron chi connectivity index (χ4n) is 3.99. The van der Waals surface area contributed by atoms with Crippen LogP contribution in [0.1, 0.15) is 23.8 Å². The van der Waals surface area contributed by atoms with Crippen molar-refractivity contribution in [3.05, 3.63) is 71.5 Å². The molecular formula is C24H28N2O3. The first kappa shape index (κ1) is 19.7. The molecule has 1 fully saturated rings. The van der Waals surface area contributed by atoms with E-state index >= 15 is 0 Å². The number of carbonyl (C=O) groups is 1. The lowest BCUT2D eigenvalue weighted by Gasteiger charge is -2.38. The minimum Gasteiger partial charge on any atom is -0.461 e. The topological polar surface area (TPSA) is 45.9 Å². The second-order valence-electron chi connectivity index (χ2n) is 7.68. The lowest BCUT2D eigenvalue weighted by molar-refractivity contribution is -0.153. The van der Waals surface area contributed by atoms with Gasteiger partial charge in [-0.05, 0) is 18.7 Å². The van der Waals surface area contributed by atoms with Crippen molar-refractivity contribution in [3.63, 3.8) is 0 Å². The Morgan fingerprint density at radius 2 is 1.86 bits per heavy atom. The summed E-state index contributed by atoms with van der Waals surface area (Å²) in [5.74, 6) is 0.877. The zero-order chi connectivity index (χ0) is 20.2. The van der Waals surface area contributed by atoms with Crippen LogP contribution in [0.3, 0.4) is 0 Å². The number of nitrogens with zero attached hydrogens (tertiary/aromatic N) is 2. The highest BCUT2D eigenvalue weighted by atomic mass is 16.5. The predicted molar refractivity (Wildman–Crippen MR) is 114 cm³/mol. The summed E-state index contributed by atoms with van der Waals surface area (Å²) in [6.07, 6.45) is 0.861. The summed E-state index contributed by atoms with van der Waals surface area (Å²) in [5, 5.41) is 1.17. The van der Waals surface area contributed by atoms with Gasteiger partial charge in [0.1, 0.15) is 24.0 Å². The third-order valence-corrected chi connectivity index (χ3v) is 5.71. The maximum atomic E-state index is 12.8. The van der Waals surface area contributed by atoms with E-state index in [9.17, 15) is 4.79 Å². The highest BCUT2D eigenvalue weighted by molar-refractivity contribution is 5.82. The number of aryl methyl sites for hydroxylation is 1. The second-order valence-corrected chi connectivity index (χ2v) is 7.68. The number of hydrogen-bond donors (Lipinski definition) is 0. The number of rotatable bonds is 6. The van der Waals surface area contributed by atoms with Crippen LogP contribution >= 0.6 is 0 Å². The molecule has 152 valence electrons. The summed E-state index contributed by atoms with van der Waals surface area (Å²) in [4.78, 5) is 17.2. The van der Waals surface area contributed by atoms with Crippen molar-refractivity contribution in [2.45, 2.75) is 32.5 Å². The number of fused-ring (bicyclic) bond motifs is 1. The van der Waals surface area contributed by atoms with Gasteiger partial charge < -0.3 is 9.15 Å². The van der Waals surface area contributed by atoms with Gasteiger partial charge >= 0.3 is 5.97 Å². The predicted octanol–water partition coefficient (Wildman–Crippen LogP) is 3.85. The summed E-state index contributed by atoms with van der Waals surface area (Å²) in [6.45, 7) is 5.64. The van der Waals surface area contributed by atoms with Crippen molar-refractivity contribution < 1.29 is 13.9 Å². The molecule has 29 heavy (non-hydrogen) atoms. The number of piperazine rings is 1. The Hall–Kier alpha value is -2.63. The van der Waals surface area contributed by atoms with E-state index in [1.165, 1.54) is 10.9 Å². The Morgan fingerprint density at radius 1 is 1.10 bits per heavy atom. The van der Waals surface area contributed by atoms with Gasteiger partial charge in [0.2, 0.25) is 0 Å². The molecule has 0 bridgehead atoms. The molecule has 2 aromatic carbocycles. The van der Waals surface area contributed by atoms with Crippen LogP contribution in [0.25, 0.3) is 11.0 Å². The molecular weight excluding hydrogens is 364 g/mol. The molecule has 0 amide bonds. The standard InChI is InChI=1S/C24H28N2O3/c1-3-22-20(19-11-7-8-12-23(19)29-22)15-26-14-13-25(2)21(16-26)24(27)28-17-18-9-5-4-6-10-18/h4-12,21H,3,13-17H2,1-2H3.